The third-order valence-electron chi connectivity index (χ3n) is 7.36. The van der Waals surface area contributed by atoms with Gasteiger partial charge < -0.3 is 24.1 Å². The molecule has 1 fully saturated rings. The fourth-order valence-corrected chi connectivity index (χ4v) is 5.16. The summed E-state index contributed by atoms with van der Waals surface area (Å²) in [5.41, 5.74) is 8.22. The van der Waals surface area contributed by atoms with E-state index in [9.17, 15) is 14.7 Å². The lowest BCUT2D eigenvalue weighted by Crippen LogP contribution is -2.38. The zero-order valence-corrected chi connectivity index (χ0v) is 23.5. The number of nitrogens with one attached hydrogen (secondary N) is 1. The summed E-state index contributed by atoms with van der Waals surface area (Å²) >= 11 is 0. The highest BCUT2D eigenvalue weighted by Gasteiger charge is 2.42. The number of aliphatic hydroxyl groups is 1. The van der Waals surface area contributed by atoms with E-state index in [1.165, 1.54) is 6.20 Å². The maximum absolute atomic E-state index is 12.7. The van der Waals surface area contributed by atoms with Crippen LogP contribution in [0.25, 0.3) is 10.4 Å². The number of aromatic amines is 1. The van der Waals surface area contributed by atoms with E-state index in [0.717, 1.165) is 21.3 Å². The second-order valence-electron chi connectivity index (χ2n) is 9.80. The molecule has 0 saturated carbocycles. The number of benzene rings is 3. The molecule has 43 heavy (non-hydrogen) atoms. The van der Waals surface area contributed by atoms with Gasteiger partial charge in [0.1, 0.15) is 29.4 Å². The van der Waals surface area contributed by atoms with Gasteiger partial charge in [0.25, 0.3) is 5.56 Å². The van der Waals surface area contributed by atoms with Crippen LogP contribution in [0.1, 0.15) is 36.3 Å². The van der Waals surface area contributed by atoms with E-state index >= 15 is 0 Å². The fourth-order valence-electron chi connectivity index (χ4n) is 5.16. The molecule has 1 aliphatic heterocycles. The molecule has 1 aromatic heterocycles. The zero-order valence-electron chi connectivity index (χ0n) is 24.5. The Morgan fingerprint density at radius 3 is 2.16 bits per heavy atom. The van der Waals surface area contributed by atoms with Crippen molar-refractivity contribution in [2.24, 2.45) is 5.11 Å². The molecular weight excluding hydrogens is 554 g/mol. The van der Waals surface area contributed by atoms with E-state index in [1.54, 1.807) is 14.2 Å². The van der Waals surface area contributed by atoms with Crippen molar-refractivity contribution in [1.29, 1.82) is 0 Å². The SMILES string of the molecule is [2H][C@]1(O)C[C@H](n2cc(CN=[N+]=[N-])c(=O)[nH]c2=O)O[C@@H]1COC(c1ccccc1)(c1ccc(OC)cc1)c1ccc(OC)cc1. The van der Waals surface area contributed by atoms with Crippen molar-refractivity contribution in [3.63, 3.8) is 0 Å². The summed E-state index contributed by atoms with van der Waals surface area (Å²) in [6.45, 7) is -0.549. The quantitative estimate of drug-likeness (QED) is 0.116. The molecule has 1 aliphatic rings. The Bertz CT molecular complexity index is 1700. The molecule has 12 nitrogen and oxygen atoms in total. The number of azide groups is 1. The molecule has 0 radical (unpaired) electrons. The minimum absolute atomic E-state index is 0.0290. The first kappa shape index (κ1) is 28.3. The number of methoxy groups -OCH3 is 2. The molecule has 1 saturated heterocycles. The van der Waals surface area contributed by atoms with Crippen LogP contribution in [0.2, 0.25) is 0 Å². The number of aromatic nitrogens is 2. The van der Waals surface area contributed by atoms with Gasteiger partial charge >= 0.3 is 5.69 Å². The summed E-state index contributed by atoms with van der Waals surface area (Å²) in [6.07, 6.45) is -3.55. The third-order valence-corrected chi connectivity index (χ3v) is 7.36. The second-order valence-corrected chi connectivity index (χ2v) is 9.80. The maximum atomic E-state index is 12.7. The molecular formula is C31H31N5O7. The van der Waals surface area contributed by atoms with Gasteiger partial charge in [-0.05, 0) is 46.5 Å². The summed E-state index contributed by atoms with van der Waals surface area (Å²) in [6, 6.07) is 24.3. The van der Waals surface area contributed by atoms with Crippen LogP contribution in [0.5, 0.6) is 11.5 Å². The van der Waals surface area contributed by atoms with Gasteiger partial charge in [-0.25, -0.2) is 4.79 Å². The largest absolute Gasteiger partial charge is 0.497 e. The van der Waals surface area contributed by atoms with Crippen molar-refractivity contribution in [3.05, 3.63) is 139 Å². The Hall–Kier alpha value is -4.87. The third kappa shape index (κ3) is 6.04. The van der Waals surface area contributed by atoms with E-state index in [4.69, 9.17) is 25.8 Å². The first-order valence-corrected chi connectivity index (χ1v) is 13.4. The van der Waals surface area contributed by atoms with Gasteiger partial charge in [0.2, 0.25) is 0 Å². The minimum Gasteiger partial charge on any atom is -0.497 e. The Morgan fingerprint density at radius 2 is 1.60 bits per heavy atom. The number of ether oxygens (including phenoxy) is 4. The van der Waals surface area contributed by atoms with Crippen LogP contribution >= 0.6 is 0 Å². The standard InChI is InChI=1S/C31H31N5O7/c1-40-24-12-8-22(9-13-24)31(21-6-4-3-5-7-21,23-10-14-25(41-2)15-11-23)42-19-27-26(37)16-28(43-27)36-18-20(17-33-35-32)29(38)34-30(36)39/h3-15,18,26-28,37H,16-17,19H2,1-2H3,(H,34,38,39)/t26-,27+,28+/m0/s1/i26D. The van der Waals surface area contributed by atoms with Crippen LogP contribution in [0.3, 0.4) is 0 Å². The summed E-state index contributed by atoms with van der Waals surface area (Å²) in [4.78, 5) is 29.7. The van der Waals surface area contributed by atoms with Crippen LogP contribution in [0.15, 0.2) is 99.8 Å². The highest BCUT2D eigenvalue weighted by atomic mass is 16.6. The molecule has 2 heterocycles. The number of H-pyrrole nitrogens is 1. The Balaban J connectivity index is 1.55. The van der Waals surface area contributed by atoms with Gasteiger partial charge in [0, 0.05) is 23.1 Å². The molecule has 4 aromatic rings. The van der Waals surface area contributed by atoms with E-state index < -0.39 is 35.3 Å². The molecule has 3 atom stereocenters. The number of nitrogens with zero attached hydrogens (tertiary/aromatic N) is 4. The molecule has 0 amide bonds. The summed E-state index contributed by atoms with van der Waals surface area (Å²) < 4.78 is 33.4. The van der Waals surface area contributed by atoms with E-state index in [2.05, 4.69) is 15.0 Å². The summed E-state index contributed by atoms with van der Waals surface area (Å²) in [7, 11) is 3.16. The maximum Gasteiger partial charge on any atom is 0.330 e. The van der Waals surface area contributed by atoms with Crippen LogP contribution in [0.4, 0.5) is 0 Å². The first-order valence-electron chi connectivity index (χ1n) is 13.9. The topological polar surface area (TPSA) is 161 Å². The molecule has 2 N–H and O–H groups in total. The summed E-state index contributed by atoms with van der Waals surface area (Å²) in [5.74, 6) is 1.30. The van der Waals surface area contributed by atoms with Crippen LogP contribution < -0.4 is 20.7 Å². The normalized spacial score (nSPS) is 20.2. The van der Waals surface area contributed by atoms with Crippen molar-refractivity contribution >= 4 is 0 Å². The molecule has 0 bridgehead atoms. The molecule has 3 aromatic carbocycles. The van der Waals surface area contributed by atoms with Crippen LogP contribution in [0, 0.1) is 0 Å². The second kappa shape index (κ2) is 13.0. The first-order chi connectivity index (χ1) is 21.2. The predicted molar refractivity (Wildman–Crippen MR) is 157 cm³/mol. The molecule has 222 valence electrons. The van der Waals surface area contributed by atoms with Crippen molar-refractivity contribution < 1.29 is 25.4 Å². The van der Waals surface area contributed by atoms with Crippen LogP contribution in [-0.4, -0.2) is 47.7 Å². The van der Waals surface area contributed by atoms with Crippen molar-refractivity contribution in [2.75, 3.05) is 20.8 Å². The number of rotatable bonds is 11. The van der Waals surface area contributed by atoms with Gasteiger partial charge in [0.15, 0.2) is 0 Å². The fraction of sp³-hybridized carbons (Fsp3) is 0.290. The minimum atomic E-state index is -2.16. The summed E-state index contributed by atoms with van der Waals surface area (Å²) in [5, 5.41) is 14.6. The Kier molecular flexibility index (Phi) is 8.52. The molecule has 0 unspecified atom stereocenters. The lowest BCUT2D eigenvalue weighted by atomic mass is 9.80. The van der Waals surface area contributed by atoms with Gasteiger partial charge in [-0.2, -0.15) is 0 Å². The Labute approximate surface area is 248 Å². The van der Waals surface area contributed by atoms with E-state index in [-0.39, 0.29) is 25.1 Å². The van der Waals surface area contributed by atoms with Crippen LogP contribution in [-0.2, 0) is 21.6 Å². The lowest BCUT2D eigenvalue weighted by molar-refractivity contribution is -0.0944. The average molecular weight is 587 g/mol. The smallest absolute Gasteiger partial charge is 0.330 e. The average Bonchev–Trinajstić information content (AvgIpc) is 3.35. The number of hydrogen-bond donors (Lipinski definition) is 2. The number of hydrogen-bond acceptors (Lipinski definition) is 8. The van der Waals surface area contributed by atoms with Gasteiger partial charge in [-0.3, -0.25) is 14.3 Å². The van der Waals surface area contributed by atoms with Gasteiger partial charge in [0.05, 0.1) is 34.8 Å². The van der Waals surface area contributed by atoms with Gasteiger partial charge in [-0.1, -0.05) is 59.7 Å². The van der Waals surface area contributed by atoms with Crippen molar-refractivity contribution in [3.8, 4) is 11.5 Å². The van der Waals surface area contributed by atoms with E-state index in [0.29, 0.717) is 11.5 Å². The molecule has 5 rings (SSSR count). The lowest BCUT2D eigenvalue weighted by Gasteiger charge is -2.37. The zero-order chi connectivity index (χ0) is 31.3. The molecule has 0 aliphatic carbocycles. The van der Waals surface area contributed by atoms with Gasteiger partial charge in [-0.15, -0.1) is 0 Å². The van der Waals surface area contributed by atoms with Crippen molar-refractivity contribution in [2.45, 2.75) is 37.0 Å². The van der Waals surface area contributed by atoms with Crippen molar-refractivity contribution in [1.82, 2.24) is 9.55 Å². The Morgan fingerprint density at radius 1 is 1.02 bits per heavy atom. The van der Waals surface area contributed by atoms with E-state index in [1.807, 2.05) is 78.9 Å². The highest BCUT2D eigenvalue weighted by molar-refractivity contribution is 5.49. The predicted octanol–water partition coefficient (Wildman–Crippen LogP) is 4.02. The highest BCUT2D eigenvalue weighted by Crippen LogP contribution is 2.42. The molecule has 12 heteroatoms. The molecule has 0 spiro atoms. The monoisotopic (exact) mass is 586 g/mol.